The fraction of sp³-hybridized carbons (Fsp3) is 0.643. The largest absolute Gasteiger partial charge is 0.490 e. The number of rotatable bonds is 9. The Hall–Kier alpha value is -0.970. The Kier molecular flexibility index (Phi) is 7.04. The van der Waals surface area contributed by atoms with Crippen molar-refractivity contribution in [3.8, 4) is 0 Å². The standard InChI is InChI=1S/C14H22N5O12P3S/c1-35-13-17-11(15)7-12(18-13)19(5-16-7)8-6-2-3-14(6,10(21)9(8)20)4-29-33(25,26)31-34(27,28)30-32(22,23)24/h5-6,8-10,20-21H,2-4H2,1H3,(H,25,26)(H,27,28)(H2,15,17,18)(H2,22,23,24)/t6-,8-,9+,10+,14+/m1/s1. The van der Waals surface area contributed by atoms with Gasteiger partial charge in [0.2, 0.25) is 0 Å². The summed E-state index contributed by atoms with van der Waals surface area (Å²) >= 11 is 1.24. The minimum atomic E-state index is -5.69. The summed E-state index contributed by atoms with van der Waals surface area (Å²) in [5.41, 5.74) is 5.29. The summed E-state index contributed by atoms with van der Waals surface area (Å²) in [7, 11) is -16.6. The van der Waals surface area contributed by atoms with Crippen molar-refractivity contribution in [3.63, 3.8) is 0 Å². The van der Waals surface area contributed by atoms with Gasteiger partial charge in [-0.1, -0.05) is 11.8 Å². The van der Waals surface area contributed by atoms with Crippen molar-refractivity contribution >= 4 is 52.2 Å². The van der Waals surface area contributed by atoms with Gasteiger partial charge in [0, 0.05) is 5.41 Å². The molecule has 2 aromatic rings. The van der Waals surface area contributed by atoms with E-state index >= 15 is 0 Å². The predicted octanol–water partition coefficient (Wildman–Crippen LogP) is 0.147. The second-order valence-electron chi connectivity index (χ2n) is 8.09. The smallest absolute Gasteiger partial charge is 0.390 e. The quantitative estimate of drug-likeness (QED) is 0.119. The van der Waals surface area contributed by atoms with Crippen LogP contribution in [0.15, 0.2) is 11.5 Å². The Labute approximate surface area is 201 Å². The first-order valence-electron chi connectivity index (χ1n) is 9.78. The number of fused-ring (bicyclic) bond motifs is 2. The summed E-state index contributed by atoms with van der Waals surface area (Å²) in [6.45, 7) is -0.699. The Bertz CT molecular complexity index is 1290. The van der Waals surface area contributed by atoms with Gasteiger partial charge in [-0.2, -0.15) is 8.62 Å². The second kappa shape index (κ2) is 9.10. The van der Waals surface area contributed by atoms with Crippen LogP contribution in [-0.2, 0) is 26.8 Å². The molecule has 2 fully saturated rings. The van der Waals surface area contributed by atoms with Crippen LogP contribution in [0.3, 0.4) is 0 Å². The zero-order valence-electron chi connectivity index (χ0n) is 17.8. The summed E-state index contributed by atoms with van der Waals surface area (Å²) in [6, 6.07) is -0.780. The van der Waals surface area contributed by atoms with Gasteiger partial charge in [-0.15, -0.1) is 0 Å². The number of aliphatic hydroxyl groups excluding tert-OH is 2. The van der Waals surface area contributed by atoms with Crippen molar-refractivity contribution in [2.24, 2.45) is 11.3 Å². The summed E-state index contributed by atoms with van der Waals surface area (Å²) in [4.78, 5) is 49.1. The highest BCUT2D eigenvalue weighted by Crippen LogP contribution is 2.68. The van der Waals surface area contributed by atoms with E-state index in [2.05, 4.69) is 23.6 Å². The molecule has 0 radical (unpaired) electrons. The number of hydrogen-bond donors (Lipinski definition) is 7. The van der Waals surface area contributed by atoms with Crippen LogP contribution in [0, 0.1) is 11.3 Å². The first-order valence-corrected chi connectivity index (χ1v) is 15.5. The average Bonchev–Trinajstić information content (AvgIpc) is 3.16. The van der Waals surface area contributed by atoms with Gasteiger partial charge >= 0.3 is 23.5 Å². The number of imidazole rings is 1. The minimum absolute atomic E-state index is 0.124. The third kappa shape index (κ3) is 5.09. The molecular weight excluding hydrogens is 555 g/mol. The molecule has 0 aliphatic heterocycles. The third-order valence-corrected chi connectivity index (χ3v) is 10.5. The van der Waals surface area contributed by atoms with Crippen LogP contribution in [0.2, 0.25) is 0 Å². The highest BCUT2D eigenvalue weighted by atomic mass is 32.2. The van der Waals surface area contributed by atoms with Crippen LogP contribution in [0.1, 0.15) is 18.9 Å². The summed E-state index contributed by atoms with van der Waals surface area (Å²) < 4.78 is 48.3. The van der Waals surface area contributed by atoms with E-state index in [0.717, 1.165) is 0 Å². The van der Waals surface area contributed by atoms with E-state index in [-0.39, 0.29) is 17.8 Å². The lowest BCUT2D eigenvalue weighted by Gasteiger charge is -2.47. The van der Waals surface area contributed by atoms with Gasteiger partial charge in [-0.25, -0.2) is 28.6 Å². The van der Waals surface area contributed by atoms with Crippen LogP contribution >= 0.6 is 35.2 Å². The van der Waals surface area contributed by atoms with Crippen molar-refractivity contribution in [3.05, 3.63) is 6.33 Å². The van der Waals surface area contributed by atoms with E-state index < -0.39 is 59.7 Å². The number of hydrogen-bond acceptors (Lipinski definition) is 13. The summed E-state index contributed by atoms with van der Waals surface area (Å²) in [5.74, 6) is -0.384. The van der Waals surface area contributed by atoms with Crippen LogP contribution in [0.5, 0.6) is 0 Å². The molecule has 2 aliphatic rings. The number of aromatic nitrogens is 4. The lowest BCUT2D eigenvalue weighted by Crippen LogP contribution is -2.49. The van der Waals surface area contributed by atoms with Crippen LogP contribution in [0.25, 0.3) is 11.2 Å². The number of nitrogens with zero attached hydrogens (tertiary/aromatic N) is 4. The Morgan fingerprint density at radius 3 is 2.43 bits per heavy atom. The summed E-state index contributed by atoms with van der Waals surface area (Å²) in [5, 5.41) is 22.1. The maximum Gasteiger partial charge on any atom is 0.490 e. The van der Waals surface area contributed by atoms with Gasteiger partial charge in [0.15, 0.2) is 16.6 Å². The molecule has 2 heterocycles. The molecule has 0 bridgehead atoms. The number of phosphoric ester groups is 1. The topological polar surface area (TPSA) is 270 Å². The monoisotopic (exact) mass is 577 g/mol. The zero-order chi connectivity index (χ0) is 26.0. The van der Waals surface area contributed by atoms with Gasteiger partial charge in [0.05, 0.1) is 25.1 Å². The highest BCUT2D eigenvalue weighted by molar-refractivity contribution is 7.98. The molecule has 8 N–H and O–H groups in total. The molecule has 0 spiro atoms. The van der Waals surface area contributed by atoms with E-state index in [1.807, 2.05) is 0 Å². The SMILES string of the molecule is CSc1nc(N)c2ncn([C@H]3[C@H](O)[C@H](O)[C@]4(COP(=O)(O)OP(=O)(O)OP(=O)(O)O)CC[C@H]34)c2n1. The van der Waals surface area contributed by atoms with E-state index in [0.29, 0.717) is 17.2 Å². The van der Waals surface area contributed by atoms with E-state index in [9.17, 15) is 33.7 Å². The van der Waals surface area contributed by atoms with E-state index in [1.165, 1.54) is 22.7 Å². The molecule has 4 rings (SSSR count). The van der Waals surface area contributed by atoms with E-state index in [1.54, 1.807) is 6.26 Å². The number of phosphoric acid groups is 3. The molecule has 21 heteroatoms. The number of nitrogen functional groups attached to an aromatic ring is 1. The van der Waals surface area contributed by atoms with Crippen molar-refractivity contribution in [2.75, 3.05) is 18.6 Å². The van der Waals surface area contributed by atoms with Crippen LogP contribution in [-0.4, -0.2) is 74.4 Å². The molecule has 2 unspecified atom stereocenters. The van der Waals surface area contributed by atoms with Crippen LogP contribution in [0.4, 0.5) is 5.82 Å². The number of thioether (sulfide) groups is 1. The molecular formula is C14H22N5O12P3S. The minimum Gasteiger partial charge on any atom is -0.390 e. The molecule has 35 heavy (non-hydrogen) atoms. The Balaban J connectivity index is 1.57. The fourth-order valence-corrected chi connectivity index (χ4v) is 8.15. The summed E-state index contributed by atoms with van der Waals surface area (Å²) in [6.07, 6.45) is 1.02. The second-order valence-corrected chi connectivity index (χ2v) is 13.3. The number of aliphatic hydroxyl groups is 2. The fourth-order valence-electron chi connectivity index (χ4n) is 4.68. The average molecular weight is 577 g/mol. The Morgan fingerprint density at radius 2 is 1.86 bits per heavy atom. The maximum atomic E-state index is 12.2. The first kappa shape index (κ1) is 27.1. The zero-order valence-corrected chi connectivity index (χ0v) is 21.3. The van der Waals surface area contributed by atoms with Gasteiger partial charge < -0.3 is 40.1 Å². The highest BCUT2D eigenvalue weighted by Gasteiger charge is 2.66. The first-order chi connectivity index (χ1) is 16.1. The van der Waals surface area contributed by atoms with Gasteiger partial charge in [0.1, 0.15) is 11.6 Å². The van der Waals surface area contributed by atoms with Gasteiger partial charge in [0.25, 0.3) is 0 Å². The molecule has 2 aliphatic carbocycles. The maximum absolute atomic E-state index is 12.2. The Morgan fingerprint density at radius 1 is 1.17 bits per heavy atom. The normalized spacial score (nSPS) is 32.1. The third-order valence-electron chi connectivity index (χ3n) is 6.18. The number of nitrogens with two attached hydrogens (primary N) is 1. The lowest BCUT2D eigenvalue weighted by atomic mass is 9.60. The molecule has 17 nitrogen and oxygen atoms in total. The molecule has 7 atom stereocenters. The molecule has 196 valence electrons. The molecule has 0 amide bonds. The van der Waals surface area contributed by atoms with E-state index in [4.69, 9.17) is 20.0 Å². The molecule has 0 aromatic carbocycles. The van der Waals surface area contributed by atoms with Gasteiger partial charge in [-0.05, 0) is 25.0 Å². The van der Waals surface area contributed by atoms with Crippen molar-refractivity contribution in [2.45, 2.75) is 36.2 Å². The number of anilines is 1. The van der Waals surface area contributed by atoms with Crippen LogP contribution < -0.4 is 5.73 Å². The van der Waals surface area contributed by atoms with Crippen molar-refractivity contribution in [1.82, 2.24) is 19.5 Å². The lowest BCUT2D eigenvalue weighted by molar-refractivity contribution is -0.0967. The van der Waals surface area contributed by atoms with Crippen molar-refractivity contribution < 1.29 is 56.6 Å². The van der Waals surface area contributed by atoms with Crippen molar-refractivity contribution in [1.29, 1.82) is 0 Å². The predicted molar refractivity (Wildman–Crippen MR) is 118 cm³/mol. The molecule has 2 aromatic heterocycles. The molecule has 0 saturated heterocycles. The molecule has 2 saturated carbocycles. The van der Waals surface area contributed by atoms with Gasteiger partial charge in [-0.3, -0.25) is 4.52 Å².